The van der Waals surface area contributed by atoms with Crippen molar-refractivity contribution in [3.05, 3.63) is 150 Å². The number of hydrogen-bond donors (Lipinski definition) is 0. The molecule has 0 saturated heterocycles. The van der Waals surface area contributed by atoms with E-state index in [4.69, 9.17) is 19.4 Å². The first-order valence-corrected chi connectivity index (χ1v) is 19.0. The maximum absolute atomic E-state index is 7.13. The van der Waals surface area contributed by atoms with Crippen molar-refractivity contribution >= 4 is 21.9 Å². The van der Waals surface area contributed by atoms with E-state index in [9.17, 15) is 0 Å². The lowest BCUT2D eigenvalue weighted by molar-refractivity contribution is 0.557. The van der Waals surface area contributed by atoms with Gasteiger partial charge in [-0.3, -0.25) is 0 Å². The molecule has 0 aliphatic heterocycles. The molecule has 266 valence electrons. The van der Waals surface area contributed by atoms with Gasteiger partial charge in [-0.05, 0) is 68.5 Å². The highest BCUT2D eigenvalue weighted by Crippen LogP contribution is 2.51. The Hall–Kier alpha value is -5.87. The van der Waals surface area contributed by atoms with Crippen molar-refractivity contribution in [3.8, 4) is 56.4 Å². The maximum atomic E-state index is 7.13. The van der Waals surface area contributed by atoms with E-state index in [0.29, 0.717) is 17.5 Å². The molecule has 4 heteroatoms. The molecule has 1 aliphatic carbocycles. The number of rotatable bonds is 4. The first kappa shape index (κ1) is 33.9. The van der Waals surface area contributed by atoms with Gasteiger partial charge in [0.25, 0.3) is 0 Å². The molecule has 0 bridgehead atoms. The molecule has 6 aromatic carbocycles. The highest BCUT2D eigenvalue weighted by atomic mass is 16.3. The first-order valence-electron chi connectivity index (χ1n) is 19.0. The van der Waals surface area contributed by atoms with Gasteiger partial charge in [0.15, 0.2) is 17.5 Å². The molecule has 0 spiro atoms. The minimum Gasteiger partial charge on any atom is -0.455 e. The zero-order valence-corrected chi connectivity index (χ0v) is 32.4. The molecule has 0 radical (unpaired) electrons. The fourth-order valence-corrected chi connectivity index (χ4v) is 8.30. The molecular weight excluding hydrogens is 659 g/mol. The number of nitrogens with zero attached hydrogens (tertiary/aromatic N) is 3. The summed E-state index contributed by atoms with van der Waals surface area (Å²) in [6.45, 7) is 18.3. The van der Waals surface area contributed by atoms with Crippen LogP contribution in [0.2, 0.25) is 0 Å². The fraction of sp³-hybridized carbons (Fsp3) is 0.220. The average molecular weight is 704 g/mol. The van der Waals surface area contributed by atoms with Crippen molar-refractivity contribution in [2.45, 2.75) is 71.6 Å². The van der Waals surface area contributed by atoms with E-state index in [1.54, 1.807) is 0 Å². The smallest absolute Gasteiger partial charge is 0.164 e. The number of aromatic nitrogens is 3. The largest absolute Gasteiger partial charge is 0.455 e. The minimum atomic E-state index is -0.190. The standard InChI is InChI=1S/C50H45N3O/c1-48(2,3)39-26-25-36(47-52-45(30-17-11-9-12-18-30)51-46(53-47)31-19-13-10-14-20-31)42-37-27-33(29-41(49(4,5)6)43(37)54-44(39)42)32-23-24-35-34-21-15-16-22-38(34)50(7,8)40(35)28-32/h9-29H,1-8H3. The molecule has 2 heterocycles. The van der Waals surface area contributed by atoms with E-state index < -0.39 is 0 Å². The number of furan rings is 1. The number of fused-ring (bicyclic) bond motifs is 6. The fourth-order valence-electron chi connectivity index (χ4n) is 8.30. The third-order valence-corrected chi connectivity index (χ3v) is 11.2. The van der Waals surface area contributed by atoms with Gasteiger partial charge in [-0.2, -0.15) is 0 Å². The SMILES string of the molecule is CC(C)(C)c1cc(-c2ccc3c(c2)C(C)(C)c2ccccc2-3)cc2c1oc1c(C(C)(C)C)ccc(-c3nc(-c4ccccc4)nc(-c4ccccc4)n3)c12. The zero-order chi connectivity index (χ0) is 37.6. The third kappa shape index (κ3) is 5.46. The van der Waals surface area contributed by atoms with Crippen molar-refractivity contribution < 1.29 is 4.42 Å². The van der Waals surface area contributed by atoms with Crippen LogP contribution in [-0.2, 0) is 16.2 Å². The van der Waals surface area contributed by atoms with E-state index in [1.165, 1.54) is 38.9 Å². The van der Waals surface area contributed by atoms with Crippen LogP contribution in [0.25, 0.3) is 78.4 Å². The Kier molecular flexibility index (Phi) is 7.59. The summed E-state index contributed by atoms with van der Waals surface area (Å²) in [4.78, 5) is 15.4. The second-order valence-electron chi connectivity index (χ2n) is 17.3. The molecule has 2 aromatic heterocycles. The van der Waals surface area contributed by atoms with Crippen LogP contribution < -0.4 is 0 Å². The van der Waals surface area contributed by atoms with E-state index in [1.807, 2.05) is 36.4 Å². The Morgan fingerprint density at radius 2 is 1.00 bits per heavy atom. The Morgan fingerprint density at radius 1 is 0.444 bits per heavy atom. The van der Waals surface area contributed by atoms with Crippen molar-refractivity contribution in [1.29, 1.82) is 0 Å². The lowest BCUT2D eigenvalue weighted by Crippen LogP contribution is -2.15. The van der Waals surface area contributed by atoms with Crippen LogP contribution in [0.15, 0.2) is 132 Å². The highest BCUT2D eigenvalue weighted by molar-refractivity contribution is 6.15. The normalized spacial score (nSPS) is 13.7. The maximum Gasteiger partial charge on any atom is 0.164 e. The van der Waals surface area contributed by atoms with Crippen LogP contribution in [0.5, 0.6) is 0 Å². The molecule has 0 N–H and O–H groups in total. The van der Waals surface area contributed by atoms with Crippen LogP contribution in [0.3, 0.4) is 0 Å². The highest BCUT2D eigenvalue weighted by Gasteiger charge is 2.35. The summed E-state index contributed by atoms with van der Waals surface area (Å²) in [6.07, 6.45) is 0. The van der Waals surface area contributed by atoms with Crippen molar-refractivity contribution in [3.63, 3.8) is 0 Å². The number of hydrogen-bond acceptors (Lipinski definition) is 4. The van der Waals surface area contributed by atoms with Gasteiger partial charge in [-0.25, -0.2) is 15.0 Å². The quantitative estimate of drug-likeness (QED) is 0.183. The molecule has 9 rings (SSSR count). The predicted octanol–water partition coefficient (Wildman–Crippen LogP) is 13.3. The lowest BCUT2D eigenvalue weighted by atomic mass is 9.80. The Bertz CT molecular complexity index is 2690. The second-order valence-corrected chi connectivity index (χ2v) is 17.3. The van der Waals surface area contributed by atoms with Gasteiger partial charge in [-0.15, -0.1) is 0 Å². The van der Waals surface area contributed by atoms with Crippen LogP contribution in [0.1, 0.15) is 77.6 Å². The summed E-state index contributed by atoms with van der Waals surface area (Å²) < 4.78 is 7.13. The summed E-state index contributed by atoms with van der Waals surface area (Å²) in [5.74, 6) is 1.90. The van der Waals surface area contributed by atoms with Crippen LogP contribution in [-0.4, -0.2) is 15.0 Å². The molecule has 8 aromatic rings. The molecule has 54 heavy (non-hydrogen) atoms. The summed E-state index contributed by atoms with van der Waals surface area (Å²) in [7, 11) is 0. The van der Waals surface area contributed by atoms with E-state index in [2.05, 4.69) is 146 Å². The van der Waals surface area contributed by atoms with Crippen molar-refractivity contribution in [2.24, 2.45) is 0 Å². The lowest BCUT2D eigenvalue weighted by Gasteiger charge is -2.23. The summed E-state index contributed by atoms with van der Waals surface area (Å²) in [5, 5.41) is 2.10. The first-order chi connectivity index (χ1) is 25.8. The predicted molar refractivity (Wildman–Crippen MR) is 224 cm³/mol. The summed E-state index contributed by atoms with van der Waals surface area (Å²) in [5.41, 5.74) is 14.2. The molecule has 0 unspecified atom stereocenters. The van der Waals surface area contributed by atoms with Crippen molar-refractivity contribution in [2.75, 3.05) is 0 Å². The van der Waals surface area contributed by atoms with Gasteiger partial charge in [0, 0.05) is 44.0 Å². The van der Waals surface area contributed by atoms with E-state index >= 15 is 0 Å². The Balaban J connectivity index is 1.35. The monoisotopic (exact) mass is 703 g/mol. The minimum absolute atomic E-state index is 0.0956. The molecule has 4 nitrogen and oxygen atoms in total. The summed E-state index contributed by atoms with van der Waals surface area (Å²) in [6, 6.07) is 45.3. The van der Waals surface area contributed by atoms with Gasteiger partial charge in [-0.1, -0.05) is 159 Å². The molecule has 1 aliphatic rings. The van der Waals surface area contributed by atoms with Crippen molar-refractivity contribution in [1.82, 2.24) is 15.0 Å². The van der Waals surface area contributed by atoms with Gasteiger partial charge in [0.1, 0.15) is 11.2 Å². The average Bonchev–Trinajstić information content (AvgIpc) is 3.66. The van der Waals surface area contributed by atoms with Crippen LogP contribution in [0, 0.1) is 0 Å². The molecule has 0 atom stereocenters. The second kappa shape index (κ2) is 12.1. The Labute approximate surface area is 318 Å². The zero-order valence-electron chi connectivity index (χ0n) is 32.4. The van der Waals surface area contributed by atoms with E-state index in [0.717, 1.165) is 44.2 Å². The third-order valence-electron chi connectivity index (χ3n) is 11.2. The number of benzene rings is 6. The van der Waals surface area contributed by atoms with Gasteiger partial charge < -0.3 is 4.42 Å². The van der Waals surface area contributed by atoms with Gasteiger partial charge in [0.05, 0.1) is 0 Å². The molecule has 0 fully saturated rings. The molecule has 0 amide bonds. The van der Waals surface area contributed by atoms with Crippen LogP contribution >= 0.6 is 0 Å². The van der Waals surface area contributed by atoms with Crippen LogP contribution in [0.4, 0.5) is 0 Å². The van der Waals surface area contributed by atoms with E-state index in [-0.39, 0.29) is 16.2 Å². The van der Waals surface area contributed by atoms with Gasteiger partial charge in [0.2, 0.25) is 0 Å². The Morgan fingerprint density at radius 3 is 1.63 bits per heavy atom. The summed E-state index contributed by atoms with van der Waals surface area (Å²) >= 11 is 0. The molecular formula is C50H45N3O. The van der Waals surface area contributed by atoms with Gasteiger partial charge >= 0.3 is 0 Å². The molecule has 0 saturated carbocycles. The topological polar surface area (TPSA) is 51.8 Å².